The topological polar surface area (TPSA) is 93.7 Å². The van der Waals surface area contributed by atoms with Crippen LogP contribution in [0.1, 0.15) is 18.1 Å². The molecule has 1 aliphatic heterocycles. The highest BCUT2D eigenvalue weighted by atomic mass is 35.5. The van der Waals surface area contributed by atoms with E-state index < -0.39 is 5.91 Å². The molecule has 3 aromatic rings. The molecule has 0 radical (unpaired) electrons. The number of pyridine rings is 1. The highest BCUT2D eigenvalue weighted by molar-refractivity contribution is 6.30. The van der Waals surface area contributed by atoms with Crippen molar-refractivity contribution in [2.45, 2.75) is 13.8 Å². The third-order valence-corrected chi connectivity index (χ3v) is 6.04. The average Bonchev–Trinajstić information content (AvgIpc) is 2.84. The molecule has 1 fully saturated rings. The number of anilines is 2. The van der Waals surface area contributed by atoms with Gasteiger partial charge in [-0.15, -0.1) is 0 Å². The van der Waals surface area contributed by atoms with Gasteiger partial charge in [0.05, 0.1) is 5.56 Å². The molecular formula is C25H25ClN6O2. The van der Waals surface area contributed by atoms with E-state index in [4.69, 9.17) is 16.6 Å². The quantitative estimate of drug-likeness (QED) is 0.449. The maximum absolute atomic E-state index is 13.5. The first-order valence-electron chi connectivity index (χ1n) is 11.1. The Morgan fingerprint density at radius 2 is 1.94 bits per heavy atom. The molecule has 9 heteroatoms. The molecule has 2 aromatic heterocycles. The number of rotatable bonds is 5. The zero-order valence-corrected chi connectivity index (χ0v) is 19.8. The fourth-order valence-corrected chi connectivity index (χ4v) is 4.25. The molecule has 1 amide bonds. The number of hydrogen-bond acceptors (Lipinski definition) is 6. The Morgan fingerprint density at radius 3 is 2.62 bits per heavy atom. The van der Waals surface area contributed by atoms with E-state index in [1.165, 1.54) is 10.5 Å². The molecule has 0 spiro atoms. The largest absolute Gasteiger partial charge is 0.368 e. The first-order valence-corrected chi connectivity index (χ1v) is 11.5. The van der Waals surface area contributed by atoms with E-state index in [1.807, 2.05) is 48.2 Å². The van der Waals surface area contributed by atoms with Crippen LogP contribution in [0.15, 0.2) is 53.0 Å². The lowest BCUT2D eigenvalue weighted by atomic mass is 10.1. The number of aryl methyl sites for hydroxylation is 1. The van der Waals surface area contributed by atoms with Crippen LogP contribution in [0.3, 0.4) is 0 Å². The highest BCUT2D eigenvalue weighted by Gasteiger charge is 2.24. The van der Waals surface area contributed by atoms with Crippen LogP contribution in [-0.4, -0.2) is 48.0 Å². The Balaban J connectivity index is 1.76. The molecule has 8 nitrogen and oxygen atoms in total. The third kappa shape index (κ3) is 4.61. The number of hydrogen-bond donors (Lipinski definition) is 1. The summed E-state index contributed by atoms with van der Waals surface area (Å²) in [5.74, 6) is -0.0439. The highest BCUT2D eigenvalue weighted by Crippen LogP contribution is 2.25. The number of amides is 1. The molecule has 0 saturated carbocycles. The summed E-state index contributed by atoms with van der Waals surface area (Å²) in [6.07, 6.45) is 3.00. The summed E-state index contributed by atoms with van der Waals surface area (Å²) in [6, 6.07) is 13.3. The second kappa shape index (κ2) is 9.98. The van der Waals surface area contributed by atoms with Crippen LogP contribution in [0.5, 0.6) is 0 Å². The minimum Gasteiger partial charge on any atom is -0.368 e. The SMILES string of the molecule is CCNC(=O)/C(C#N)=C/c1c(N2CCN(c3cccc(Cl)c3)CC2)nc2c(C)cccn2c1=O. The van der Waals surface area contributed by atoms with Gasteiger partial charge in [-0.3, -0.25) is 14.0 Å². The minimum atomic E-state index is -0.518. The van der Waals surface area contributed by atoms with E-state index in [1.54, 1.807) is 19.2 Å². The second-order valence-corrected chi connectivity index (χ2v) is 8.46. The van der Waals surface area contributed by atoms with Gasteiger partial charge in [0.25, 0.3) is 11.5 Å². The van der Waals surface area contributed by atoms with Crippen LogP contribution in [0.2, 0.25) is 5.02 Å². The van der Waals surface area contributed by atoms with Crippen LogP contribution in [0, 0.1) is 18.3 Å². The number of nitrogens with one attached hydrogen (secondary N) is 1. The molecule has 174 valence electrons. The van der Waals surface area contributed by atoms with Crippen molar-refractivity contribution >= 4 is 40.7 Å². The number of piperazine rings is 1. The second-order valence-electron chi connectivity index (χ2n) is 8.02. The van der Waals surface area contributed by atoms with Gasteiger partial charge in [0.2, 0.25) is 0 Å². The summed E-state index contributed by atoms with van der Waals surface area (Å²) in [6.45, 7) is 6.69. The molecule has 34 heavy (non-hydrogen) atoms. The van der Waals surface area contributed by atoms with Gasteiger partial charge in [0.1, 0.15) is 23.1 Å². The number of halogens is 1. The molecule has 1 saturated heterocycles. The summed E-state index contributed by atoms with van der Waals surface area (Å²) in [5.41, 5.74) is 2.22. The van der Waals surface area contributed by atoms with Gasteiger partial charge in [-0.25, -0.2) is 4.98 Å². The van der Waals surface area contributed by atoms with E-state index in [-0.39, 0.29) is 16.7 Å². The number of carbonyl (C=O) groups is 1. The van der Waals surface area contributed by atoms with Crippen LogP contribution in [-0.2, 0) is 4.79 Å². The van der Waals surface area contributed by atoms with Gasteiger partial charge in [-0.2, -0.15) is 5.26 Å². The van der Waals surface area contributed by atoms with Crippen molar-refractivity contribution in [2.24, 2.45) is 0 Å². The van der Waals surface area contributed by atoms with Crippen molar-refractivity contribution in [1.29, 1.82) is 5.26 Å². The van der Waals surface area contributed by atoms with Crippen molar-refractivity contribution in [2.75, 3.05) is 42.5 Å². The van der Waals surface area contributed by atoms with Crippen molar-refractivity contribution in [1.82, 2.24) is 14.7 Å². The number of nitriles is 1. The zero-order valence-electron chi connectivity index (χ0n) is 19.1. The first-order chi connectivity index (χ1) is 16.4. The summed E-state index contributed by atoms with van der Waals surface area (Å²) in [4.78, 5) is 34.9. The summed E-state index contributed by atoms with van der Waals surface area (Å²) >= 11 is 6.16. The van der Waals surface area contributed by atoms with E-state index >= 15 is 0 Å². The Morgan fingerprint density at radius 1 is 1.21 bits per heavy atom. The number of likely N-dealkylation sites (N-methyl/N-ethyl adjacent to an activating group) is 1. The maximum atomic E-state index is 13.5. The lowest BCUT2D eigenvalue weighted by Gasteiger charge is -2.37. The minimum absolute atomic E-state index is 0.132. The predicted octanol–water partition coefficient (Wildman–Crippen LogP) is 3.03. The van der Waals surface area contributed by atoms with Crippen LogP contribution in [0.25, 0.3) is 11.7 Å². The molecule has 4 rings (SSSR count). The standard InChI is InChI=1S/C25H25ClN6O2/c1-3-28-24(33)18(16-27)14-21-23(29-22-17(2)6-5-9-32(22)25(21)34)31-12-10-30(11-13-31)20-8-4-7-19(26)15-20/h4-9,14-15H,3,10-13H2,1-2H3,(H,28,33)/b18-14+. The van der Waals surface area contributed by atoms with Crippen molar-refractivity contribution in [3.63, 3.8) is 0 Å². The molecule has 3 heterocycles. The first kappa shape index (κ1) is 23.3. The summed E-state index contributed by atoms with van der Waals surface area (Å²) in [7, 11) is 0. The number of benzene rings is 1. The van der Waals surface area contributed by atoms with Crippen molar-refractivity contribution < 1.29 is 4.79 Å². The van der Waals surface area contributed by atoms with Gasteiger partial charge in [-0.05, 0) is 49.8 Å². The van der Waals surface area contributed by atoms with Crippen LogP contribution in [0.4, 0.5) is 11.5 Å². The van der Waals surface area contributed by atoms with E-state index in [2.05, 4.69) is 10.2 Å². The zero-order chi connectivity index (χ0) is 24.2. The molecule has 0 unspecified atom stereocenters. The molecule has 1 N–H and O–H groups in total. The van der Waals surface area contributed by atoms with Crippen molar-refractivity contribution in [3.8, 4) is 6.07 Å². The maximum Gasteiger partial charge on any atom is 0.267 e. The third-order valence-electron chi connectivity index (χ3n) is 5.81. The lowest BCUT2D eigenvalue weighted by molar-refractivity contribution is -0.116. The van der Waals surface area contributed by atoms with Gasteiger partial charge in [-0.1, -0.05) is 23.7 Å². The van der Waals surface area contributed by atoms with E-state index in [0.717, 1.165) is 11.3 Å². The predicted molar refractivity (Wildman–Crippen MR) is 134 cm³/mol. The Hall–Kier alpha value is -3.83. The molecule has 1 aromatic carbocycles. The van der Waals surface area contributed by atoms with Gasteiger partial charge < -0.3 is 15.1 Å². The Kier molecular flexibility index (Phi) is 6.85. The summed E-state index contributed by atoms with van der Waals surface area (Å²) < 4.78 is 1.46. The Labute approximate surface area is 202 Å². The number of fused-ring (bicyclic) bond motifs is 1. The smallest absolute Gasteiger partial charge is 0.267 e. The van der Waals surface area contributed by atoms with E-state index in [9.17, 15) is 14.9 Å². The lowest BCUT2D eigenvalue weighted by Crippen LogP contribution is -2.47. The van der Waals surface area contributed by atoms with Crippen LogP contribution < -0.4 is 20.7 Å². The molecule has 0 atom stereocenters. The average molecular weight is 477 g/mol. The molecule has 0 bridgehead atoms. The molecule has 0 aliphatic carbocycles. The number of aromatic nitrogens is 2. The van der Waals surface area contributed by atoms with Gasteiger partial charge in [0, 0.05) is 49.6 Å². The van der Waals surface area contributed by atoms with Crippen LogP contribution >= 0.6 is 11.6 Å². The molecular weight excluding hydrogens is 452 g/mol. The Bertz CT molecular complexity index is 1370. The van der Waals surface area contributed by atoms with Crippen molar-refractivity contribution in [3.05, 3.63) is 74.7 Å². The number of nitrogens with zero attached hydrogens (tertiary/aromatic N) is 5. The summed E-state index contributed by atoms with van der Waals surface area (Å²) in [5, 5.41) is 12.9. The van der Waals surface area contributed by atoms with Gasteiger partial charge in [0.15, 0.2) is 0 Å². The number of carbonyl (C=O) groups excluding carboxylic acids is 1. The normalized spacial score (nSPS) is 14.2. The fraction of sp³-hybridized carbons (Fsp3) is 0.280. The van der Waals surface area contributed by atoms with E-state index in [0.29, 0.717) is 49.2 Å². The monoisotopic (exact) mass is 476 g/mol. The fourth-order valence-electron chi connectivity index (χ4n) is 4.07. The molecule has 1 aliphatic rings. The van der Waals surface area contributed by atoms with Gasteiger partial charge >= 0.3 is 0 Å².